The molecule has 0 bridgehead atoms. The van der Waals surface area contributed by atoms with Crippen LogP contribution in [0, 0.1) is 0 Å². The molecular weight excluding hydrogens is 603 g/mol. The van der Waals surface area contributed by atoms with Crippen LogP contribution in [0.1, 0.15) is 40.7 Å². The summed E-state index contributed by atoms with van der Waals surface area (Å²) in [6.45, 7) is 0. The number of para-hydroxylation sites is 2. The highest BCUT2D eigenvalue weighted by Crippen LogP contribution is 2.63. The number of rotatable bonds is 4. The molecule has 0 N–H and O–H groups in total. The van der Waals surface area contributed by atoms with E-state index in [9.17, 15) is 0 Å². The van der Waals surface area contributed by atoms with Gasteiger partial charge in [-0.15, -0.1) is 0 Å². The minimum absolute atomic E-state index is 0.359. The van der Waals surface area contributed by atoms with Gasteiger partial charge in [-0.1, -0.05) is 140 Å². The van der Waals surface area contributed by atoms with Crippen molar-refractivity contribution >= 4 is 49.3 Å². The quantitative estimate of drug-likeness (QED) is 0.174. The van der Waals surface area contributed by atoms with E-state index in [1.165, 1.54) is 93.9 Å². The molecule has 1 spiro atoms. The molecule has 0 aromatic heterocycles. The maximum absolute atomic E-state index is 2.48. The van der Waals surface area contributed by atoms with Crippen LogP contribution < -0.4 is 4.90 Å². The predicted molar refractivity (Wildman–Crippen MR) is 210 cm³/mol. The molecule has 8 aromatic carbocycles. The second-order valence-electron chi connectivity index (χ2n) is 13.9. The van der Waals surface area contributed by atoms with Gasteiger partial charge in [0.1, 0.15) is 0 Å². The van der Waals surface area contributed by atoms with Gasteiger partial charge in [0.05, 0.1) is 5.41 Å². The molecule has 0 fully saturated rings. The predicted octanol–water partition coefficient (Wildman–Crippen LogP) is 12.7. The monoisotopic (exact) mass is 635 g/mol. The van der Waals surface area contributed by atoms with E-state index < -0.39 is 0 Å². The van der Waals surface area contributed by atoms with Crippen molar-refractivity contribution in [2.24, 2.45) is 0 Å². The summed E-state index contributed by atoms with van der Waals surface area (Å²) < 4.78 is 0. The lowest BCUT2D eigenvalue weighted by Crippen LogP contribution is -2.26. The Morgan fingerprint density at radius 3 is 1.64 bits per heavy atom. The van der Waals surface area contributed by atoms with Crippen LogP contribution in [0.15, 0.2) is 182 Å². The highest BCUT2D eigenvalue weighted by molar-refractivity contribution is 6.29. The number of hydrogen-bond acceptors (Lipinski definition) is 1. The van der Waals surface area contributed by atoms with Crippen LogP contribution in [0.4, 0.5) is 11.4 Å². The Morgan fingerprint density at radius 1 is 0.440 bits per heavy atom. The third kappa shape index (κ3) is 3.62. The largest absolute Gasteiger partial charge is 0.314 e. The average molecular weight is 636 g/mol. The molecule has 3 aliphatic rings. The van der Waals surface area contributed by atoms with E-state index in [0.717, 1.165) is 12.8 Å². The van der Waals surface area contributed by atoms with Gasteiger partial charge in [-0.2, -0.15) is 0 Å². The maximum Gasteiger partial charge on any atom is 0.0725 e. The van der Waals surface area contributed by atoms with E-state index in [0.29, 0.717) is 0 Å². The molecular formula is C49H33N. The number of nitrogens with zero attached hydrogens (tertiary/aromatic N) is 1. The fourth-order valence-electron chi connectivity index (χ4n) is 9.56. The van der Waals surface area contributed by atoms with Crippen LogP contribution in [0.3, 0.4) is 0 Å². The van der Waals surface area contributed by atoms with Crippen molar-refractivity contribution in [3.05, 3.63) is 209 Å². The number of anilines is 2. The summed E-state index contributed by atoms with van der Waals surface area (Å²) in [4.78, 5) is 2.42. The molecule has 0 heterocycles. The van der Waals surface area contributed by atoms with Crippen molar-refractivity contribution in [3.8, 4) is 11.1 Å². The van der Waals surface area contributed by atoms with E-state index >= 15 is 0 Å². The minimum Gasteiger partial charge on any atom is -0.314 e. The highest BCUT2D eigenvalue weighted by Gasteiger charge is 2.50. The van der Waals surface area contributed by atoms with Gasteiger partial charge in [-0.05, 0) is 126 Å². The first-order valence-corrected chi connectivity index (χ1v) is 17.8. The van der Waals surface area contributed by atoms with Crippen molar-refractivity contribution in [3.63, 3.8) is 0 Å². The normalized spacial score (nSPS) is 15.0. The second kappa shape index (κ2) is 10.4. The summed E-state index contributed by atoms with van der Waals surface area (Å²) in [5.41, 5.74) is 14.2. The van der Waals surface area contributed by atoms with Crippen molar-refractivity contribution in [2.45, 2.75) is 18.3 Å². The second-order valence-corrected chi connectivity index (χ2v) is 13.9. The van der Waals surface area contributed by atoms with Crippen LogP contribution in [-0.4, -0.2) is 0 Å². The van der Waals surface area contributed by atoms with Crippen molar-refractivity contribution < 1.29 is 0 Å². The zero-order valence-corrected chi connectivity index (χ0v) is 27.6. The van der Waals surface area contributed by atoms with Crippen LogP contribution >= 0.6 is 0 Å². The Labute approximate surface area is 292 Å². The molecule has 8 aromatic rings. The molecule has 50 heavy (non-hydrogen) atoms. The van der Waals surface area contributed by atoms with Gasteiger partial charge in [-0.25, -0.2) is 0 Å². The Hall–Kier alpha value is -6.18. The highest BCUT2D eigenvalue weighted by atomic mass is 15.1. The van der Waals surface area contributed by atoms with Crippen molar-refractivity contribution in [1.82, 2.24) is 0 Å². The molecule has 1 nitrogen and oxygen atoms in total. The third-order valence-corrected chi connectivity index (χ3v) is 11.5. The standard InChI is InChI=1S/C49H33N/c1-3-15-34(16-4-1)50(35-17-5-2-6-18-35)36-19-11-14-32(30-36)33-28-29-44-42(31-33)39-22-9-10-25-43(39)49(44)45-26-12-23-40-37-20-7-8-21-38(37)41-24-13-27-46(49)48(41)47(40)45/h1-10,12-18,20-31H,11,19H2. The topological polar surface area (TPSA) is 3.24 Å². The van der Waals surface area contributed by atoms with Crippen LogP contribution in [-0.2, 0) is 5.41 Å². The zero-order chi connectivity index (χ0) is 32.8. The lowest BCUT2D eigenvalue weighted by atomic mass is 9.70. The van der Waals surface area contributed by atoms with Gasteiger partial charge >= 0.3 is 0 Å². The first-order valence-electron chi connectivity index (χ1n) is 17.8. The number of benzene rings is 8. The summed E-state index contributed by atoms with van der Waals surface area (Å²) in [5.74, 6) is 0. The van der Waals surface area contributed by atoms with E-state index in [2.05, 4.69) is 181 Å². The molecule has 0 radical (unpaired) electrons. The molecule has 0 saturated heterocycles. The molecule has 0 amide bonds. The van der Waals surface area contributed by atoms with Gasteiger partial charge in [0.25, 0.3) is 0 Å². The van der Waals surface area contributed by atoms with E-state index in [1.54, 1.807) is 0 Å². The molecule has 11 rings (SSSR count). The summed E-state index contributed by atoms with van der Waals surface area (Å²) in [6, 6.07) is 61.0. The van der Waals surface area contributed by atoms with Crippen molar-refractivity contribution in [1.29, 1.82) is 0 Å². The lowest BCUT2D eigenvalue weighted by molar-refractivity contribution is 0.797. The maximum atomic E-state index is 2.48. The average Bonchev–Trinajstić information content (AvgIpc) is 3.66. The number of hydrogen-bond donors (Lipinski definition) is 0. The van der Waals surface area contributed by atoms with Crippen LogP contribution in [0.25, 0.3) is 49.0 Å². The molecule has 234 valence electrons. The van der Waals surface area contributed by atoms with E-state index in [4.69, 9.17) is 0 Å². The first-order chi connectivity index (χ1) is 24.8. The van der Waals surface area contributed by atoms with Crippen LogP contribution in [0.2, 0.25) is 0 Å². The van der Waals surface area contributed by atoms with E-state index in [1.807, 2.05) is 0 Å². The summed E-state index contributed by atoms with van der Waals surface area (Å²) >= 11 is 0. The zero-order valence-electron chi connectivity index (χ0n) is 27.6. The van der Waals surface area contributed by atoms with Gasteiger partial charge in [0, 0.05) is 17.1 Å². The number of allylic oxidation sites excluding steroid dienone is 4. The van der Waals surface area contributed by atoms with Gasteiger partial charge in [0.2, 0.25) is 0 Å². The lowest BCUT2D eigenvalue weighted by Gasteiger charge is -2.31. The summed E-state index contributed by atoms with van der Waals surface area (Å²) in [7, 11) is 0. The van der Waals surface area contributed by atoms with Gasteiger partial charge in [0.15, 0.2) is 0 Å². The Kier molecular flexibility index (Phi) is 5.77. The molecule has 0 unspecified atom stereocenters. The third-order valence-electron chi connectivity index (χ3n) is 11.5. The Morgan fingerprint density at radius 2 is 0.980 bits per heavy atom. The SMILES string of the molecule is C1=C(c2ccc3c(c2)-c2ccccc2C32c3cccc4c5ccccc5c5cccc2c5c34)C=C(N(c2ccccc2)c2ccccc2)CC1. The van der Waals surface area contributed by atoms with Gasteiger partial charge in [-0.3, -0.25) is 0 Å². The van der Waals surface area contributed by atoms with Crippen LogP contribution in [0.5, 0.6) is 0 Å². The summed E-state index contributed by atoms with van der Waals surface area (Å²) in [6.07, 6.45) is 6.83. The first kappa shape index (κ1) is 27.7. The molecule has 3 aliphatic carbocycles. The Bertz CT molecular complexity index is 2630. The molecule has 0 atom stereocenters. The van der Waals surface area contributed by atoms with Gasteiger partial charge < -0.3 is 4.90 Å². The summed E-state index contributed by atoms with van der Waals surface area (Å²) in [5, 5.41) is 8.19. The number of fused-ring (bicyclic) bond motifs is 10. The smallest absolute Gasteiger partial charge is 0.0725 e. The fraction of sp³-hybridized carbons (Fsp3) is 0.0612. The van der Waals surface area contributed by atoms with Crippen molar-refractivity contribution in [2.75, 3.05) is 4.90 Å². The van der Waals surface area contributed by atoms with E-state index in [-0.39, 0.29) is 5.41 Å². The molecule has 0 saturated carbocycles. The Balaban J connectivity index is 1.12. The fourth-order valence-corrected chi connectivity index (χ4v) is 9.56. The molecule has 0 aliphatic heterocycles. The molecule has 1 heteroatoms. The minimum atomic E-state index is -0.359.